The van der Waals surface area contributed by atoms with Crippen LogP contribution in [-0.4, -0.2) is 63.0 Å². The van der Waals surface area contributed by atoms with Gasteiger partial charge >= 0.3 is 0 Å². The molecule has 1 saturated heterocycles. The molecule has 4 aromatic rings. The minimum Gasteiger partial charge on any atom is -0.354 e. The fraction of sp³-hybridized carbons (Fsp3) is 0.278. The van der Waals surface area contributed by atoms with Crippen LogP contribution in [0.2, 0.25) is 0 Å². The fourth-order valence-corrected chi connectivity index (χ4v) is 3.37. The summed E-state index contributed by atoms with van der Waals surface area (Å²) in [4.78, 5) is 25.1. The number of rotatable bonds is 2. The molecule has 5 heterocycles. The van der Waals surface area contributed by atoms with Crippen molar-refractivity contribution in [3.05, 3.63) is 36.7 Å². The first kappa shape index (κ1) is 14.4. The Kier molecular flexibility index (Phi) is 3.21. The van der Waals surface area contributed by atoms with E-state index in [9.17, 15) is 0 Å². The van der Waals surface area contributed by atoms with Gasteiger partial charge < -0.3 is 19.8 Å². The van der Waals surface area contributed by atoms with E-state index in [-0.39, 0.29) is 0 Å². The summed E-state index contributed by atoms with van der Waals surface area (Å²) in [6.07, 6.45) is 3.72. The highest BCUT2D eigenvalue weighted by atomic mass is 15.3. The van der Waals surface area contributed by atoms with Crippen molar-refractivity contribution in [2.75, 3.05) is 38.1 Å². The van der Waals surface area contributed by atoms with Gasteiger partial charge in [0.2, 0.25) is 0 Å². The summed E-state index contributed by atoms with van der Waals surface area (Å²) in [6, 6.07) is 8.13. The number of piperazine rings is 1. The molecule has 0 radical (unpaired) electrons. The highest BCUT2D eigenvalue weighted by Gasteiger charge is 2.17. The molecule has 126 valence electrons. The Hall–Kier alpha value is -2.93. The Morgan fingerprint density at radius 1 is 1.04 bits per heavy atom. The molecule has 7 heteroatoms. The lowest BCUT2D eigenvalue weighted by molar-refractivity contribution is 0.312. The van der Waals surface area contributed by atoms with E-state index in [2.05, 4.69) is 43.9 Å². The molecule has 4 aromatic heterocycles. The number of likely N-dealkylation sites (N-methyl/N-ethyl adjacent to an activating group) is 1. The summed E-state index contributed by atoms with van der Waals surface area (Å²) in [5, 5.41) is 1.06. The minimum absolute atomic E-state index is 0.754. The van der Waals surface area contributed by atoms with Gasteiger partial charge in [0, 0.05) is 49.5 Å². The van der Waals surface area contributed by atoms with Gasteiger partial charge in [-0.2, -0.15) is 0 Å². The van der Waals surface area contributed by atoms with Gasteiger partial charge in [0.25, 0.3) is 0 Å². The number of hydrogen-bond acceptors (Lipinski definition) is 5. The van der Waals surface area contributed by atoms with Crippen LogP contribution < -0.4 is 4.90 Å². The number of fused-ring (bicyclic) bond motifs is 2. The van der Waals surface area contributed by atoms with E-state index in [0.717, 1.165) is 65.6 Å². The van der Waals surface area contributed by atoms with Crippen LogP contribution in [0.4, 0.5) is 5.82 Å². The zero-order valence-electron chi connectivity index (χ0n) is 14.0. The Bertz CT molecular complexity index is 1040. The molecule has 7 nitrogen and oxygen atoms in total. The lowest BCUT2D eigenvalue weighted by Gasteiger charge is -2.33. The smallest absolute Gasteiger partial charge is 0.180 e. The van der Waals surface area contributed by atoms with Gasteiger partial charge in [-0.15, -0.1) is 0 Å². The lowest BCUT2D eigenvalue weighted by atomic mass is 10.2. The molecule has 1 aliphatic heterocycles. The third kappa shape index (κ3) is 2.44. The predicted molar refractivity (Wildman–Crippen MR) is 98.7 cm³/mol. The molecule has 5 rings (SSSR count). The zero-order chi connectivity index (χ0) is 16.8. The Balaban J connectivity index is 1.53. The lowest BCUT2D eigenvalue weighted by Crippen LogP contribution is -2.44. The van der Waals surface area contributed by atoms with Crippen LogP contribution in [0, 0.1) is 0 Å². The van der Waals surface area contributed by atoms with Crippen molar-refractivity contribution in [3.8, 4) is 11.4 Å². The van der Waals surface area contributed by atoms with Crippen molar-refractivity contribution < 1.29 is 0 Å². The topological polar surface area (TPSA) is 76.7 Å². The van der Waals surface area contributed by atoms with Gasteiger partial charge in [-0.05, 0) is 31.3 Å². The summed E-state index contributed by atoms with van der Waals surface area (Å²) in [6.45, 7) is 4.13. The molecule has 2 N–H and O–H groups in total. The molecule has 0 aromatic carbocycles. The maximum atomic E-state index is 4.77. The standard InChI is InChI=1S/C18H19N7/c1-24-7-9-25(10-8-24)15-5-4-14-18(22-15)23-17(21-14)13-11-20-16-12(13)3-2-6-19-16/h2-6,11H,7-10H2,1H3,(H,19,20)(H,21,22,23). The second-order valence-corrected chi connectivity index (χ2v) is 6.52. The van der Waals surface area contributed by atoms with E-state index in [1.54, 1.807) is 6.20 Å². The number of nitrogens with one attached hydrogen (secondary N) is 2. The number of aromatic amines is 2. The number of H-pyrrole nitrogens is 2. The van der Waals surface area contributed by atoms with Crippen LogP contribution in [0.1, 0.15) is 0 Å². The largest absolute Gasteiger partial charge is 0.354 e. The van der Waals surface area contributed by atoms with Gasteiger partial charge in [-0.3, -0.25) is 0 Å². The van der Waals surface area contributed by atoms with E-state index in [1.165, 1.54) is 0 Å². The van der Waals surface area contributed by atoms with Crippen LogP contribution in [0.25, 0.3) is 33.6 Å². The fourth-order valence-electron chi connectivity index (χ4n) is 3.37. The summed E-state index contributed by atoms with van der Waals surface area (Å²) >= 11 is 0. The van der Waals surface area contributed by atoms with Crippen molar-refractivity contribution in [1.82, 2.24) is 29.8 Å². The van der Waals surface area contributed by atoms with E-state index in [1.807, 2.05) is 18.3 Å². The van der Waals surface area contributed by atoms with E-state index in [0.29, 0.717) is 0 Å². The third-order valence-corrected chi connectivity index (χ3v) is 4.86. The normalized spacial score (nSPS) is 16.1. The van der Waals surface area contributed by atoms with Crippen molar-refractivity contribution >= 4 is 28.0 Å². The number of imidazole rings is 1. The first-order chi connectivity index (χ1) is 12.3. The SMILES string of the molecule is CN1CCN(c2ccc3[nH]c(-c4c[nH]c5ncccc45)nc3n2)CC1. The van der Waals surface area contributed by atoms with Gasteiger partial charge in [0.05, 0.1) is 5.52 Å². The zero-order valence-corrected chi connectivity index (χ0v) is 14.0. The molecule has 25 heavy (non-hydrogen) atoms. The van der Waals surface area contributed by atoms with Gasteiger partial charge in [0.15, 0.2) is 5.65 Å². The third-order valence-electron chi connectivity index (χ3n) is 4.86. The first-order valence-corrected chi connectivity index (χ1v) is 8.51. The summed E-state index contributed by atoms with van der Waals surface area (Å²) in [5.41, 5.74) is 3.59. The van der Waals surface area contributed by atoms with E-state index in [4.69, 9.17) is 9.97 Å². The molecule has 0 aliphatic carbocycles. The predicted octanol–water partition coefficient (Wildman–Crippen LogP) is 2.25. The van der Waals surface area contributed by atoms with Crippen LogP contribution in [0.15, 0.2) is 36.7 Å². The maximum absolute atomic E-state index is 4.77. The molecule has 0 unspecified atom stereocenters. The van der Waals surface area contributed by atoms with Crippen molar-refractivity contribution in [3.63, 3.8) is 0 Å². The molecule has 0 spiro atoms. The van der Waals surface area contributed by atoms with Crippen molar-refractivity contribution in [2.45, 2.75) is 0 Å². The second kappa shape index (κ2) is 5.56. The summed E-state index contributed by atoms with van der Waals surface area (Å²) < 4.78 is 0. The van der Waals surface area contributed by atoms with Gasteiger partial charge in [-0.1, -0.05) is 0 Å². The highest BCUT2D eigenvalue weighted by Crippen LogP contribution is 2.27. The van der Waals surface area contributed by atoms with Crippen molar-refractivity contribution in [1.29, 1.82) is 0 Å². The van der Waals surface area contributed by atoms with E-state index >= 15 is 0 Å². The molecule has 0 amide bonds. The average Bonchev–Trinajstić information content (AvgIpc) is 3.25. The molecular formula is C18H19N7. The van der Waals surface area contributed by atoms with Crippen LogP contribution in [0.5, 0.6) is 0 Å². The number of nitrogens with zero attached hydrogens (tertiary/aromatic N) is 5. The number of anilines is 1. The quantitative estimate of drug-likeness (QED) is 0.588. The summed E-state index contributed by atoms with van der Waals surface area (Å²) in [5.74, 6) is 1.82. The Labute approximate surface area is 144 Å². The Morgan fingerprint density at radius 3 is 2.80 bits per heavy atom. The molecule has 0 bridgehead atoms. The highest BCUT2D eigenvalue weighted by molar-refractivity contribution is 5.93. The maximum Gasteiger partial charge on any atom is 0.180 e. The van der Waals surface area contributed by atoms with Crippen LogP contribution >= 0.6 is 0 Å². The Morgan fingerprint density at radius 2 is 1.92 bits per heavy atom. The second-order valence-electron chi connectivity index (χ2n) is 6.52. The summed E-state index contributed by atoms with van der Waals surface area (Å²) in [7, 11) is 2.16. The molecule has 1 aliphatic rings. The first-order valence-electron chi connectivity index (χ1n) is 8.51. The number of hydrogen-bond donors (Lipinski definition) is 2. The monoisotopic (exact) mass is 333 g/mol. The molecular weight excluding hydrogens is 314 g/mol. The van der Waals surface area contributed by atoms with Crippen LogP contribution in [-0.2, 0) is 0 Å². The van der Waals surface area contributed by atoms with Crippen LogP contribution in [0.3, 0.4) is 0 Å². The van der Waals surface area contributed by atoms with Gasteiger partial charge in [0.1, 0.15) is 17.3 Å². The number of aromatic nitrogens is 5. The molecule has 0 saturated carbocycles. The number of pyridine rings is 2. The molecule has 1 fully saturated rings. The van der Waals surface area contributed by atoms with Crippen molar-refractivity contribution in [2.24, 2.45) is 0 Å². The minimum atomic E-state index is 0.754. The average molecular weight is 333 g/mol. The molecule has 0 atom stereocenters. The van der Waals surface area contributed by atoms with Gasteiger partial charge in [-0.25, -0.2) is 15.0 Å². The van der Waals surface area contributed by atoms with E-state index < -0.39 is 0 Å².